The van der Waals surface area contributed by atoms with E-state index in [0.717, 1.165) is 0 Å². The van der Waals surface area contributed by atoms with E-state index in [-0.39, 0.29) is 0 Å². The summed E-state index contributed by atoms with van der Waals surface area (Å²) in [6.45, 7) is 0.524. The maximum absolute atomic E-state index is 9.63. The molecule has 50 valence electrons. The molecule has 0 saturated carbocycles. The highest BCUT2D eigenvalue weighted by Gasteiger charge is 2.07. The van der Waals surface area contributed by atoms with Gasteiger partial charge in [-0.2, -0.15) is 5.48 Å². The van der Waals surface area contributed by atoms with Gasteiger partial charge < -0.3 is 9.68 Å². The zero-order valence-corrected chi connectivity index (χ0v) is 4.66. The third-order valence-corrected chi connectivity index (χ3v) is 0.798. The zero-order valence-electron chi connectivity index (χ0n) is 4.66. The number of amides is 1. The first-order valence-corrected chi connectivity index (χ1v) is 2.48. The lowest BCUT2D eigenvalue weighted by Crippen LogP contribution is -2.16. The van der Waals surface area contributed by atoms with E-state index < -0.39 is 0 Å². The molecule has 5 heteroatoms. The quantitative estimate of drug-likeness (QED) is 0.401. The van der Waals surface area contributed by atoms with Gasteiger partial charge in [0, 0.05) is 0 Å². The van der Waals surface area contributed by atoms with Crippen molar-refractivity contribution >= 4 is 12.3 Å². The number of rotatable bonds is 2. The van der Waals surface area contributed by atoms with Crippen molar-refractivity contribution in [3.05, 3.63) is 0 Å². The van der Waals surface area contributed by atoms with Crippen LogP contribution in [0.5, 0.6) is 0 Å². The standard InChI is InChI=1S/C4H6N2O3/c7-3-5-9-4-1-2-8-6-4/h3H,1-2H2,(H,5,7). The number of hydrogen-bond donors (Lipinski definition) is 1. The summed E-state index contributed by atoms with van der Waals surface area (Å²) < 4.78 is 0. The molecule has 0 aromatic heterocycles. The number of nitrogens with one attached hydrogen (secondary N) is 1. The second-order valence-corrected chi connectivity index (χ2v) is 1.41. The van der Waals surface area contributed by atoms with Gasteiger partial charge in [0.2, 0.25) is 6.41 Å². The fourth-order valence-corrected chi connectivity index (χ4v) is 0.458. The van der Waals surface area contributed by atoms with E-state index in [2.05, 4.69) is 14.8 Å². The Morgan fingerprint density at radius 3 is 3.33 bits per heavy atom. The van der Waals surface area contributed by atoms with Crippen molar-refractivity contribution in [1.29, 1.82) is 0 Å². The maximum Gasteiger partial charge on any atom is 0.261 e. The molecule has 0 atom stereocenters. The van der Waals surface area contributed by atoms with Gasteiger partial charge >= 0.3 is 0 Å². The number of hydroxylamine groups is 1. The van der Waals surface area contributed by atoms with Gasteiger partial charge in [-0.15, -0.1) is 0 Å². The largest absolute Gasteiger partial charge is 0.392 e. The minimum absolute atomic E-state index is 0.405. The fraction of sp³-hybridized carbons (Fsp3) is 0.500. The van der Waals surface area contributed by atoms with E-state index in [1.165, 1.54) is 0 Å². The Hall–Kier alpha value is -1.26. The molecule has 0 unspecified atom stereocenters. The van der Waals surface area contributed by atoms with E-state index in [9.17, 15) is 4.79 Å². The average Bonchev–Trinajstić information content (AvgIpc) is 2.34. The fourth-order valence-electron chi connectivity index (χ4n) is 0.458. The summed E-state index contributed by atoms with van der Waals surface area (Å²) in [4.78, 5) is 18.7. The molecule has 1 aliphatic rings. The lowest BCUT2D eigenvalue weighted by atomic mass is 10.5. The van der Waals surface area contributed by atoms with Crippen molar-refractivity contribution in [3.63, 3.8) is 0 Å². The van der Waals surface area contributed by atoms with Crippen LogP contribution in [0, 0.1) is 0 Å². The summed E-state index contributed by atoms with van der Waals surface area (Å²) in [5, 5.41) is 3.45. The number of carbonyl (C=O) groups is 1. The summed E-state index contributed by atoms with van der Waals surface area (Å²) in [5.74, 6) is 0.405. The topological polar surface area (TPSA) is 59.9 Å². The predicted octanol–water partition coefficient (Wildman–Crippen LogP) is -0.602. The average molecular weight is 130 g/mol. The van der Waals surface area contributed by atoms with Crippen LogP contribution in [0.25, 0.3) is 0 Å². The van der Waals surface area contributed by atoms with Gasteiger partial charge in [0.15, 0.2) is 0 Å². The molecule has 1 heterocycles. The molecule has 1 amide bonds. The number of nitrogens with zero attached hydrogens (tertiary/aromatic N) is 1. The summed E-state index contributed by atoms with van der Waals surface area (Å²) in [5.41, 5.74) is 2.00. The lowest BCUT2D eigenvalue weighted by molar-refractivity contribution is -0.115. The zero-order chi connectivity index (χ0) is 6.53. The second kappa shape index (κ2) is 2.91. The van der Waals surface area contributed by atoms with Crippen LogP contribution in [0.4, 0.5) is 0 Å². The second-order valence-electron chi connectivity index (χ2n) is 1.41. The number of carbonyl (C=O) groups excluding carboxylic acids is 1. The molecule has 0 bridgehead atoms. The smallest absolute Gasteiger partial charge is 0.261 e. The Morgan fingerprint density at radius 2 is 2.78 bits per heavy atom. The van der Waals surface area contributed by atoms with Gasteiger partial charge in [-0.25, -0.2) is 0 Å². The summed E-state index contributed by atoms with van der Waals surface area (Å²) in [6, 6.07) is 0. The van der Waals surface area contributed by atoms with Gasteiger partial charge in [0.1, 0.15) is 6.61 Å². The summed E-state index contributed by atoms with van der Waals surface area (Å²) >= 11 is 0. The van der Waals surface area contributed by atoms with E-state index in [4.69, 9.17) is 0 Å². The van der Waals surface area contributed by atoms with Crippen molar-refractivity contribution in [1.82, 2.24) is 5.48 Å². The molecule has 0 saturated heterocycles. The molecular weight excluding hydrogens is 124 g/mol. The normalized spacial score (nSPS) is 15.8. The number of hydrogen-bond acceptors (Lipinski definition) is 4. The SMILES string of the molecule is O=CNOC1=NOCC1. The lowest BCUT2D eigenvalue weighted by Gasteiger charge is -1.95. The van der Waals surface area contributed by atoms with Crippen LogP contribution in [0.1, 0.15) is 6.42 Å². The molecule has 0 radical (unpaired) electrons. The van der Waals surface area contributed by atoms with Gasteiger partial charge in [-0.05, 0) is 5.16 Å². The highest BCUT2D eigenvalue weighted by atomic mass is 16.7. The van der Waals surface area contributed by atoms with E-state index in [0.29, 0.717) is 25.3 Å². The molecule has 0 spiro atoms. The van der Waals surface area contributed by atoms with Crippen LogP contribution in [-0.2, 0) is 14.5 Å². The first-order chi connectivity index (χ1) is 4.43. The molecular formula is C4H6N2O3. The van der Waals surface area contributed by atoms with E-state index in [1.54, 1.807) is 0 Å². The first-order valence-electron chi connectivity index (χ1n) is 2.48. The Bertz CT molecular complexity index is 134. The van der Waals surface area contributed by atoms with Crippen LogP contribution in [0.2, 0.25) is 0 Å². The van der Waals surface area contributed by atoms with Crippen molar-refractivity contribution in [2.75, 3.05) is 6.61 Å². The van der Waals surface area contributed by atoms with Crippen LogP contribution in [0.15, 0.2) is 5.16 Å². The van der Waals surface area contributed by atoms with Gasteiger partial charge in [-0.1, -0.05) is 0 Å². The van der Waals surface area contributed by atoms with Crippen LogP contribution >= 0.6 is 0 Å². The Kier molecular flexibility index (Phi) is 1.90. The highest BCUT2D eigenvalue weighted by Crippen LogP contribution is 1.98. The van der Waals surface area contributed by atoms with Crippen molar-refractivity contribution < 1.29 is 14.5 Å². The van der Waals surface area contributed by atoms with Crippen molar-refractivity contribution in [3.8, 4) is 0 Å². The minimum Gasteiger partial charge on any atom is -0.392 e. The third-order valence-electron chi connectivity index (χ3n) is 0.798. The van der Waals surface area contributed by atoms with Crippen molar-refractivity contribution in [2.24, 2.45) is 5.16 Å². The molecule has 0 aliphatic carbocycles. The Labute approximate surface area is 51.6 Å². The summed E-state index contributed by atoms with van der Waals surface area (Å²) in [6.07, 6.45) is 1.04. The summed E-state index contributed by atoms with van der Waals surface area (Å²) in [7, 11) is 0. The van der Waals surface area contributed by atoms with Crippen molar-refractivity contribution in [2.45, 2.75) is 6.42 Å². The first kappa shape index (κ1) is 5.87. The minimum atomic E-state index is 0.405. The molecule has 9 heavy (non-hydrogen) atoms. The monoisotopic (exact) mass is 130 g/mol. The molecule has 0 aromatic rings. The molecule has 1 aliphatic heterocycles. The van der Waals surface area contributed by atoms with Gasteiger partial charge in [0.25, 0.3) is 5.90 Å². The van der Waals surface area contributed by atoms with Gasteiger partial charge in [-0.3, -0.25) is 4.79 Å². The Morgan fingerprint density at radius 1 is 1.89 bits per heavy atom. The predicted molar refractivity (Wildman–Crippen MR) is 28.3 cm³/mol. The molecule has 0 aromatic carbocycles. The molecule has 1 N–H and O–H groups in total. The molecule has 5 nitrogen and oxygen atoms in total. The highest BCUT2D eigenvalue weighted by molar-refractivity contribution is 5.76. The molecule has 0 fully saturated rings. The Balaban J connectivity index is 2.18. The third kappa shape index (κ3) is 1.60. The van der Waals surface area contributed by atoms with Gasteiger partial charge in [0.05, 0.1) is 6.42 Å². The maximum atomic E-state index is 9.63. The van der Waals surface area contributed by atoms with E-state index >= 15 is 0 Å². The van der Waals surface area contributed by atoms with E-state index in [1.807, 2.05) is 5.48 Å². The van der Waals surface area contributed by atoms with Crippen LogP contribution < -0.4 is 5.48 Å². The van der Waals surface area contributed by atoms with Crippen LogP contribution in [-0.4, -0.2) is 18.9 Å². The number of oxime groups is 1. The van der Waals surface area contributed by atoms with Crippen LogP contribution in [0.3, 0.4) is 0 Å². The molecule has 1 rings (SSSR count).